The van der Waals surface area contributed by atoms with E-state index in [9.17, 15) is 13.2 Å². The molecule has 0 unspecified atom stereocenters. The fourth-order valence-corrected chi connectivity index (χ4v) is 6.25. The summed E-state index contributed by atoms with van der Waals surface area (Å²) in [7, 11) is -3.60. The summed E-state index contributed by atoms with van der Waals surface area (Å²) >= 11 is 1.52. The molecule has 2 heterocycles. The number of hydrogen-bond donors (Lipinski definition) is 2. The second-order valence-corrected chi connectivity index (χ2v) is 10.9. The van der Waals surface area contributed by atoms with Gasteiger partial charge in [-0.1, -0.05) is 42.8 Å². The molecule has 174 valence electrons. The predicted molar refractivity (Wildman–Crippen MR) is 129 cm³/mol. The molecule has 1 fully saturated rings. The number of rotatable bonds is 7. The van der Waals surface area contributed by atoms with E-state index in [2.05, 4.69) is 20.5 Å². The Balaban J connectivity index is 1.45. The number of nitrogens with zero attached hydrogens (tertiary/aromatic N) is 3. The Kier molecular flexibility index (Phi) is 7.46. The number of aromatic amines is 1. The highest BCUT2D eigenvalue weighted by molar-refractivity contribution is 7.98. The van der Waals surface area contributed by atoms with Crippen molar-refractivity contribution in [1.29, 1.82) is 0 Å². The molecule has 3 aromatic rings. The number of anilines is 1. The molecule has 2 N–H and O–H groups in total. The molecular formula is C23H27N5O3S2. The number of thioether (sulfide) groups is 1. The quantitative estimate of drug-likeness (QED) is 0.485. The molecule has 1 amide bonds. The maximum Gasteiger partial charge on any atom is 0.255 e. The van der Waals surface area contributed by atoms with Gasteiger partial charge in [0.1, 0.15) is 6.33 Å². The first kappa shape index (κ1) is 23.5. The summed E-state index contributed by atoms with van der Waals surface area (Å²) in [6, 6.07) is 12.3. The van der Waals surface area contributed by atoms with E-state index in [1.807, 2.05) is 12.1 Å². The second kappa shape index (κ2) is 10.5. The first-order valence-corrected chi connectivity index (χ1v) is 13.4. The van der Waals surface area contributed by atoms with Crippen LogP contribution < -0.4 is 5.32 Å². The summed E-state index contributed by atoms with van der Waals surface area (Å²) in [6.07, 6.45) is 5.33. The normalized spacial score (nSPS) is 15.2. The lowest BCUT2D eigenvalue weighted by Crippen LogP contribution is -2.32. The number of sulfonamides is 1. The number of carbonyl (C=O) groups excluding carboxylic acids is 1. The van der Waals surface area contributed by atoms with Crippen LogP contribution in [-0.4, -0.2) is 46.9 Å². The smallest absolute Gasteiger partial charge is 0.255 e. The number of amides is 1. The van der Waals surface area contributed by atoms with Gasteiger partial charge >= 0.3 is 0 Å². The lowest BCUT2D eigenvalue weighted by Gasteiger charge is -2.21. The molecule has 1 aliphatic heterocycles. The Hall–Kier alpha value is -2.69. The van der Waals surface area contributed by atoms with Gasteiger partial charge in [0, 0.05) is 30.1 Å². The molecule has 0 radical (unpaired) electrons. The Morgan fingerprint density at radius 2 is 1.82 bits per heavy atom. The molecule has 0 aliphatic carbocycles. The number of hydrogen-bond acceptors (Lipinski definition) is 6. The minimum atomic E-state index is -3.60. The van der Waals surface area contributed by atoms with Crippen molar-refractivity contribution in [3.05, 3.63) is 65.5 Å². The van der Waals surface area contributed by atoms with Gasteiger partial charge in [0.15, 0.2) is 5.16 Å². The largest absolute Gasteiger partial charge is 0.322 e. The minimum absolute atomic E-state index is 0.252. The van der Waals surface area contributed by atoms with Crippen molar-refractivity contribution in [2.45, 2.75) is 48.4 Å². The van der Waals surface area contributed by atoms with Crippen molar-refractivity contribution in [1.82, 2.24) is 19.5 Å². The summed E-state index contributed by atoms with van der Waals surface area (Å²) in [5.74, 6) is 0.415. The van der Waals surface area contributed by atoms with Gasteiger partial charge in [-0.3, -0.25) is 9.89 Å². The number of aromatic nitrogens is 3. The molecular weight excluding hydrogens is 458 g/mol. The van der Waals surface area contributed by atoms with Crippen molar-refractivity contribution in [3.63, 3.8) is 0 Å². The van der Waals surface area contributed by atoms with Crippen molar-refractivity contribution < 1.29 is 13.2 Å². The van der Waals surface area contributed by atoms with Gasteiger partial charge in [-0.05, 0) is 55.2 Å². The molecule has 2 aromatic carbocycles. The van der Waals surface area contributed by atoms with Crippen LogP contribution >= 0.6 is 11.8 Å². The van der Waals surface area contributed by atoms with Gasteiger partial charge in [0.2, 0.25) is 10.0 Å². The molecule has 33 heavy (non-hydrogen) atoms. The van der Waals surface area contributed by atoms with Gasteiger partial charge in [0.05, 0.1) is 4.90 Å². The Labute approximate surface area is 198 Å². The average molecular weight is 486 g/mol. The highest BCUT2D eigenvalue weighted by Gasteiger charge is 2.27. The highest BCUT2D eigenvalue weighted by atomic mass is 32.2. The minimum Gasteiger partial charge on any atom is -0.322 e. The zero-order chi connectivity index (χ0) is 23.3. The maximum atomic E-state index is 13.3. The highest BCUT2D eigenvalue weighted by Crippen LogP contribution is 2.26. The molecule has 4 rings (SSSR count). The van der Waals surface area contributed by atoms with Gasteiger partial charge in [-0.25, -0.2) is 13.4 Å². The van der Waals surface area contributed by atoms with E-state index in [1.165, 1.54) is 18.1 Å². The molecule has 1 aromatic heterocycles. The summed E-state index contributed by atoms with van der Waals surface area (Å²) in [6.45, 7) is 2.87. The van der Waals surface area contributed by atoms with Crippen molar-refractivity contribution in [3.8, 4) is 0 Å². The third-order valence-corrected chi connectivity index (χ3v) is 8.60. The molecule has 0 bridgehead atoms. The van der Waals surface area contributed by atoms with E-state index in [-0.39, 0.29) is 10.8 Å². The molecule has 8 nitrogen and oxygen atoms in total. The fraction of sp³-hybridized carbons (Fsp3) is 0.348. The van der Waals surface area contributed by atoms with E-state index in [4.69, 9.17) is 0 Å². The van der Waals surface area contributed by atoms with Crippen LogP contribution in [0.25, 0.3) is 0 Å². The van der Waals surface area contributed by atoms with E-state index >= 15 is 0 Å². The zero-order valence-corrected chi connectivity index (χ0v) is 20.1. The Morgan fingerprint density at radius 3 is 2.48 bits per heavy atom. The van der Waals surface area contributed by atoms with Crippen LogP contribution in [0.5, 0.6) is 0 Å². The number of benzene rings is 2. The van der Waals surface area contributed by atoms with Gasteiger partial charge in [-0.2, -0.15) is 9.40 Å². The summed E-state index contributed by atoms with van der Waals surface area (Å²) in [5.41, 5.74) is 2.69. The first-order chi connectivity index (χ1) is 15.9. The average Bonchev–Trinajstić information content (AvgIpc) is 3.18. The molecule has 0 saturated carbocycles. The SMILES string of the molecule is Cc1ccc(NC(=O)c2ccc(CSc3ncn[nH]3)cc2)cc1S(=O)(=O)N1CCCCCC1. The van der Waals surface area contributed by atoms with Gasteiger partial charge < -0.3 is 5.32 Å². The molecule has 1 aliphatic rings. The van der Waals surface area contributed by atoms with E-state index in [0.29, 0.717) is 35.7 Å². The van der Waals surface area contributed by atoms with Crippen LogP contribution in [0, 0.1) is 6.92 Å². The van der Waals surface area contributed by atoms with Gasteiger partial charge in [0.25, 0.3) is 5.91 Å². The van der Waals surface area contributed by atoms with Crippen molar-refractivity contribution in [2.24, 2.45) is 0 Å². The maximum absolute atomic E-state index is 13.3. The monoisotopic (exact) mass is 485 g/mol. The summed E-state index contributed by atoms with van der Waals surface area (Å²) in [4.78, 5) is 17.1. The van der Waals surface area contributed by atoms with E-state index in [1.54, 1.807) is 41.6 Å². The Morgan fingerprint density at radius 1 is 1.09 bits per heavy atom. The topological polar surface area (TPSA) is 108 Å². The fourth-order valence-electron chi connectivity index (χ4n) is 3.75. The van der Waals surface area contributed by atoms with Crippen molar-refractivity contribution in [2.75, 3.05) is 18.4 Å². The number of H-pyrrole nitrogens is 1. The third-order valence-electron chi connectivity index (χ3n) is 5.61. The number of carbonyl (C=O) groups is 1. The van der Waals surface area contributed by atoms with E-state index < -0.39 is 10.0 Å². The number of nitrogens with one attached hydrogen (secondary N) is 2. The van der Waals surface area contributed by atoms with Crippen LogP contribution in [0.4, 0.5) is 5.69 Å². The summed E-state index contributed by atoms with van der Waals surface area (Å²) in [5, 5.41) is 10.2. The lowest BCUT2D eigenvalue weighted by atomic mass is 10.1. The predicted octanol–water partition coefficient (Wildman–Crippen LogP) is 4.22. The standard InChI is InChI=1S/C23H27N5O3S2/c1-17-6-11-20(14-21(17)33(30,31)28-12-4-2-3-5-13-28)26-22(29)19-9-7-18(8-10-19)15-32-23-24-16-25-27-23/h6-11,14,16H,2-5,12-13,15H2,1H3,(H,26,29)(H,24,25,27). The van der Waals surface area contributed by atoms with Crippen LogP contribution in [0.1, 0.15) is 47.2 Å². The van der Waals surface area contributed by atoms with Crippen molar-refractivity contribution >= 4 is 33.4 Å². The Bertz CT molecular complexity index is 1190. The van der Waals surface area contributed by atoms with E-state index in [0.717, 1.165) is 36.4 Å². The van der Waals surface area contributed by atoms with Crippen LogP contribution in [0.3, 0.4) is 0 Å². The summed E-state index contributed by atoms with van der Waals surface area (Å²) < 4.78 is 28.1. The lowest BCUT2D eigenvalue weighted by molar-refractivity contribution is 0.102. The van der Waals surface area contributed by atoms with Crippen LogP contribution in [-0.2, 0) is 15.8 Å². The second-order valence-electron chi connectivity index (χ2n) is 8.03. The molecule has 10 heteroatoms. The molecule has 0 spiro atoms. The zero-order valence-electron chi connectivity index (χ0n) is 18.5. The molecule has 1 saturated heterocycles. The van der Waals surface area contributed by atoms with Gasteiger partial charge in [-0.15, -0.1) is 0 Å². The third kappa shape index (κ3) is 5.82. The number of aryl methyl sites for hydroxylation is 1. The van der Waals surface area contributed by atoms with Crippen LogP contribution in [0.2, 0.25) is 0 Å². The first-order valence-electron chi connectivity index (χ1n) is 10.9. The molecule has 0 atom stereocenters. The van der Waals surface area contributed by atoms with Crippen LogP contribution in [0.15, 0.2) is 58.8 Å².